The lowest BCUT2D eigenvalue weighted by Gasteiger charge is -2.28. The zero-order valence-electron chi connectivity index (χ0n) is 11.9. The van der Waals surface area contributed by atoms with Crippen molar-refractivity contribution in [3.8, 4) is 0 Å². The van der Waals surface area contributed by atoms with Crippen LogP contribution in [0.5, 0.6) is 0 Å². The average Bonchev–Trinajstić information content (AvgIpc) is 3.21. The summed E-state index contributed by atoms with van der Waals surface area (Å²) in [5.74, 6) is -1.38. The highest BCUT2D eigenvalue weighted by atomic mass is 32.2. The Hall–Kier alpha value is -1.54. The Balaban J connectivity index is 2.36. The lowest BCUT2D eigenvalue weighted by molar-refractivity contribution is -0.140. The van der Waals surface area contributed by atoms with Crippen molar-refractivity contribution in [2.75, 3.05) is 0 Å². The normalized spacial score (nSPS) is 18.2. The van der Waals surface area contributed by atoms with Crippen molar-refractivity contribution in [1.82, 2.24) is 4.72 Å². The third-order valence-electron chi connectivity index (χ3n) is 3.59. The molecular formula is C14H17F2NO4S. The maximum Gasteiger partial charge on any atom is 0.305 e. The third kappa shape index (κ3) is 3.61. The molecule has 0 aromatic heterocycles. The molecule has 0 heterocycles. The van der Waals surface area contributed by atoms with Gasteiger partial charge in [0.2, 0.25) is 10.0 Å². The molecule has 1 unspecified atom stereocenters. The van der Waals surface area contributed by atoms with Gasteiger partial charge in [0, 0.05) is 0 Å². The van der Waals surface area contributed by atoms with Crippen molar-refractivity contribution in [1.29, 1.82) is 0 Å². The molecule has 0 spiro atoms. The highest BCUT2D eigenvalue weighted by Gasteiger charge is 2.42. The van der Waals surface area contributed by atoms with Crippen LogP contribution in [0.15, 0.2) is 29.2 Å². The molecule has 1 aromatic rings. The van der Waals surface area contributed by atoms with Gasteiger partial charge in [-0.3, -0.25) is 4.79 Å². The highest BCUT2D eigenvalue weighted by molar-refractivity contribution is 7.89. The zero-order chi connectivity index (χ0) is 16.5. The number of hydrogen-bond donors (Lipinski definition) is 2. The molecule has 1 fully saturated rings. The third-order valence-corrected chi connectivity index (χ3v) is 5.28. The molecule has 1 saturated carbocycles. The maximum absolute atomic E-state index is 13.2. The molecule has 0 radical (unpaired) electrons. The first kappa shape index (κ1) is 16.8. The van der Waals surface area contributed by atoms with E-state index in [-0.39, 0.29) is 10.8 Å². The topological polar surface area (TPSA) is 83.5 Å². The molecule has 0 aliphatic heterocycles. The zero-order valence-corrected chi connectivity index (χ0v) is 12.7. The smallest absolute Gasteiger partial charge is 0.305 e. The molecule has 5 nitrogen and oxygen atoms in total. The van der Waals surface area contributed by atoms with Crippen LogP contribution >= 0.6 is 0 Å². The SMILES string of the molecule is CC(CC(=O)O)(NS(=O)(=O)c1ccccc1C1CC1)C(F)F. The van der Waals surface area contributed by atoms with Gasteiger partial charge in [-0.15, -0.1) is 0 Å². The van der Waals surface area contributed by atoms with E-state index in [1.54, 1.807) is 12.1 Å². The van der Waals surface area contributed by atoms with Gasteiger partial charge in [-0.25, -0.2) is 17.2 Å². The van der Waals surface area contributed by atoms with E-state index >= 15 is 0 Å². The van der Waals surface area contributed by atoms with Crippen LogP contribution in [0.25, 0.3) is 0 Å². The Morgan fingerprint density at radius 3 is 2.50 bits per heavy atom. The van der Waals surface area contributed by atoms with Crippen LogP contribution in [-0.4, -0.2) is 31.5 Å². The quantitative estimate of drug-likeness (QED) is 0.802. The molecule has 0 saturated heterocycles. The van der Waals surface area contributed by atoms with E-state index in [2.05, 4.69) is 0 Å². The number of hydrogen-bond acceptors (Lipinski definition) is 3. The summed E-state index contributed by atoms with van der Waals surface area (Å²) in [6, 6.07) is 6.21. The van der Waals surface area contributed by atoms with Gasteiger partial charge in [0.25, 0.3) is 6.43 Å². The van der Waals surface area contributed by atoms with Crippen LogP contribution in [0.4, 0.5) is 8.78 Å². The molecule has 1 aromatic carbocycles. The van der Waals surface area contributed by atoms with Crippen molar-refractivity contribution in [3.63, 3.8) is 0 Å². The molecule has 1 aliphatic carbocycles. The van der Waals surface area contributed by atoms with Crippen LogP contribution in [0, 0.1) is 0 Å². The highest BCUT2D eigenvalue weighted by Crippen LogP contribution is 2.43. The van der Waals surface area contributed by atoms with Crippen LogP contribution in [0.1, 0.15) is 37.7 Å². The van der Waals surface area contributed by atoms with Crippen molar-refractivity contribution in [2.45, 2.75) is 49.0 Å². The second-order valence-corrected chi connectivity index (χ2v) is 7.36. The summed E-state index contributed by atoms with van der Waals surface area (Å²) >= 11 is 0. The first-order valence-corrected chi connectivity index (χ1v) is 8.27. The largest absolute Gasteiger partial charge is 0.481 e. The molecule has 22 heavy (non-hydrogen) atoms. The first-order valence-electron chi connectivity index (χ1n) is 6.78. The van der Waals surface area contributed by atoms with E-state index in [4.69, 9.17) is 5.11 Å². The number of nitrogens with one attached hydrogen (secondary N) is 1. The molecule has 122 valence electrons. The van der Waals surface area contributed by atoms with Gasteiger partial charge in [-0.2, -0.15) is 4.72 Å². The van der Waals surface area contributed by atoms with E-state index in [9.17, 15) is 22.0 Å². The Bertz CT molecular complexity index is 673. The number of sulfonamides is 1. The summed E-state index contributed by atoms with van der Waals surface area (Å²) in [5.41, 5.74) is -1.77. The van der Waals surface area contributed by atoms with Gasteiger partial charge in [-0.05, 0) is 37.3 Å². The van der Waals surface area contributed by atoms with Gasteiger partial charge < -0.3 is 5.11 Å². The molecular weight excluding hydrogens is 316 g/mol. The summed E-state index contributed by atoms with van der Waals surface area (Å²) in [7, 11) is -4.24. The van der Waals surface area contributed by atoms with E-state index in [1.165, 1.54) is 12.1 Å². The Morgan fingerprint density at radius 1 is 1.41 bits per heavy atom. The number of halogens is 2. The second kappa shape index (κ2) is 5.92. The fourth-order valence-corrected chi connectivity index (χ4v) is 3.98. The first-order chi connectivity index (χ1) is 10.2. The number of rotatable bonds is 7. The van der Waals surface area contributed by atoms with Crippen molar-refractivity contribution >= 4 is 16.0 Å². The van der Waals surface area contributed by atoms with E-state index in [0.717, 1.165) is 19.8 Å². The Morgan fingerprint density at radius 2 is 2.00 bits per heavy atom. The fraction of sp³-hybridized carbons (Fsp3) is 0.500. The van der Waals surface area contributed by atoms with E-state index in [1.807, 2.05) is 4.72 Å². The number of benzene rings is 1. The molecule has 1 atom stereocenters. The minimum absolute atomic E-state index is 0.0604. The van der Waals surface area contributed by atoms with Crippen molar-refractivity contribution in [2.24, 2.45) is 0 Å². The summed E-state index contributed by atoms with van der Waals surface area (Å²) in [5, 5.41) is 8.75. The van der Waals surface area contributed by atoms with Crippen LogP contribution in [0.2, 0.25) is 0 Å². The molecule has 2 N–H and O–H groups in total. The molecule has 1 aliphatic rings. The second-order valence-electron chi connectivity index (χ2n) is 5.71. The number of alkyl halides is 2. The van der Waals surface area contributed by atoms with Crippen molar-refractivity contribution in [3.05, 3.63) is 29.8 Å². The lowest BCUT2D eigenvalue weighted by atomic mass is 10.0. The molecule has 2 rings (SSSR count). The van der Waals surface area contributed by atoms with Crippen molar-refractivity contribution < 1.29 is 27.1 Å². The van der Waals surface area contributed by atoms with Gasteiger partial charge in [-0.1, -0.05) is 18.2 Å². The fourth-order valence-electron chi connectivity index (χ4n) is 2.29. The van der Waals surface area contributed by atoms with Crippen LogP contribution < -0.4 is 4.72 Å². The molecule has 0 amide bonds. The van der Waals surface area contributed by atoms with E-state index < -0.39 is 34.4 Å². The number of aliphatic carboxylic acids is 1. The Labute approximate surface area is 127 Å². The number of carboxylic acids is 1. The molecule has 8 heteroatoms. The van der Waals surface area contributed by atoms with Crippen LogP contribution in [-0.2, 0) is 14.8 Å². The van der Waals surface area contributed by atoms with Gasteiger partial charge in [0.15, 0.2) is 0 Å². The Kier molecular flexibility index (Phi) is 4.53. The predicted octanol–water partition coefficient (Wildman–Crippen LogP) is 2.34. The predicted molar refractivity (Wildman–Crippen MR) is 75.4 cm³/mol. The minimum Gasteiger partial charge on any atom is -0.481 e. The van der Waals surface area contributed by atoms with Gasteiger partial charge >= 0.3 is 5.97 Å². The number of carboxylic acid groups (broad SMARTS) is 1. The average molecular weight is 333 g/mol. The number of carbonyl (C=O) groups is 1. The monoisotopic (exact) mass is 333 g/mol. The standard InChI is InChI=1S/C14H17F2NO4S/c1-14(13(15)16,8-12(18)19)17-22(20,21)11-5-3-2-4-10(11)9-6-7-9/h2-5,9,13,17H,6-8H2,1H3,(H,18,19). The lowest BCUT2D eigenvalue weighted by Crippen LogP contribution is -2.52. The van der Waals surface area contributed by atoms with Gasteiger partial charge in [0.1, 0.15) is 5.54 Å². The summed E-state index contributed by atoms with van der Waals surface area (Å²) < 4.78 is 53.1. The van der Waals surface area contributed by atoms with Gasteiger partial charge in [0.05, 0.1) is 11.3 Å². The summed E-state index contributed by atoms with van der Waals surface area (Å²) in [6.07, 6.45) is -2.44. The maximum atomic E-state index is 13.2. The summed E-state index contributed by atoms with van der Waals surface area (Å²) in [6.45, 7) is 0.892. The van der Waals surface area contributed by atoms with E-state index in [0.29, 0.717) is 5.56 Å². The summed E-state index contributed by atoms with van der Waals surface area (Å²) in [4.78, 5) is 10.7. The molecule has 0 bridgehead atoms. The minimum atomic E-state index is -4.24. The van der Waals surface area contributed by atoms with Crippen LogP contribution in [0.3, 0.4) is 0 Å².